The van der Waals surface area contributed by atoms with E-state index in [4.69, 9.17) is 5.11 Å². The summed E-state index contributed by atoms with van der Waals surface area (Å²) < 4.78 is 0. The first-order valence-corrected chi connectivity index (χ1v) is 11.8. The van der Waals surface area contributed by atoms with Gasteiger partial charge in [-0.25, -0.2) is 0 Å². The summed E-state index contributed by atoms with van der Waals surface area (Å²) in [5.41, 5.74) is -0.143. The number of rotatable bonds is 4. The van der Waals surface area contributed by atoms with Crippen LogP contribution in [-0.4, -0.2) is 44.7 Å². The molecule has 4 aliphatic carbocycles. The highest BCUT2D eigenvalue weighted by Gasteiger charge is 2.65. The summed E-state index contributed by atoms with van der Waals surface area (Å²) in [7, 11) is 0. The quantitative estimate of drug-likeness (QED) is 0.532. The molecule has 0 aromatic rings. The van der Waals surface area contributed by atoms with E-state index in [-0.39, 0.29) is 41.3 Å². The molecule has 4 aliphatic rings. The van der Waals surface area contributed by atoms with Gasteiger partial charge in [0.2, 0.25) is 0 Å². The molecule has 5 heteroatoms. The lowest BCUT2D eigenvalue weighted by molar-refractivity contribution is -0.207. The maximum Gasteiger partial charge on any atom is 0.303 e. The van der Waals surface area contributed by atoms with E-state index in [1.54, 1.807) is 0 Å². The van der Waals surface area contributed by atoms with Crippen molar-refractivity contribution in [2.75, 3.05) is 0 Å². The first-order chi connectivity index (χ1) is 13.6. The van der Waals surface area contributed by atoms with Crippen LogP contribution in [0.4, 0.5) is 0 Å². The number of aliphatic hydroxyl groups is 3. The standard InChI is InChI=1S/C24H40O5/c1-13(4-7-21(28)29)16-5-6-17-22-18(12-20(27)24(16,17)3)23(2)9-8-15(25)10-14(23)11-19(22)26/h13-20,22,25-27H,4-12H2,1-3H3,(H,28,29)/t13-,14?,15-,16-,17+,18+,19-,20+,22+,23+,24-/m1/s1/i7+1,21+1. The number of hydrogen-bond donors (Lipinski definition) is 4. The SMILES string of the molecule is C[C@H](C[13CH2][13C](=O)O)[C@H]1CC[C@H]2[C@@H]3[C@H](O)CC4C[C@H](O)CC[C@]4(C)[C@H]3C[C@H](O)[C@]12C. The lowest BCUT2D eigenvalue weighted by Crippen LogP contribution is -2.62. The van der Waals surface area contributed by atoms with E-state index >= 15 is 0 Å². The predicted octanol–water partition coefficient (Wildman–Crippen LogP) is 3.45. The Hall–Kier alpha value is -0.650. The molecule has 11 atom stereocenters. The van der Waals surface area contributed by atoms with Crippen LogP contribution in [0.5, 0.6) is 0 Å². The number of carboxylic acid groups (broad SMARTS) is 1. The van der Waals surface area contributed by atoms with Gasteiger partial charge in [0, 0.05) is 6.42 Å². The molecule has 0 bridgehead atoms. The van der Waals surface area contributed by atoms with Crippen LogP contribution in [0, 0.1) is 46.3 Å². The Morgan fingerprint density at radius 3 is 2.45 bits per heavy atom. The second-order valence-electron chi connectivity index (χ2n) is 11.4. The van der Waals surface area contributed by atoms with Crippen LogP contribution in [0.25, 0.3) is 0 Å². The number of fused-ring (bicyclic) bond motifs is 5. The van der Waals surface area contributed by atoms with Gasteiger partial charge in [-0.05, 0) is 97.7 Å². The van der Waals surface area contributed by atoms with Gasteiger partial charge in [-0.1, -0.05) is 20.8 Å². The number of aliphatic carboxylic acids is 1. The van der Waals surface area contributed by atoms with E-state index in [1.165, 1.54) is 0 Å². The van der Waals surface area contributed by atoms with Crippen molar-refractivity contribution in [1.82, 2.24) is 0 Å². The van der Waals surface area contributed by atoms with Crippen LogP contribution in [0.2, 0.25) is 0 Å². The van der Waals surface area contributed by atoms with Gasteiger partial charge in [0.05, 0.1) is 18.3 Å². The van der Waals surface area contributed by atoms with Crippen molar-refractivity contribution in [2.24, 2.45) is 46.3 Å². The van der Waals surface area contributed by atoms with Gasteiger partial charge in [-0.3, -0.25) is 4.79 Å². The van der Waals surface area contributed by atoms with Crippen LogP contribution in [0.15, 0.2) is 0 Å². The predicted molar refractivity (Wildman–Crippen MR) is 110 cm³/mol. The topological polar surface area (TPSA) is 98.0 Å². The first-order valence-electron chi connectivity index (χ1n) is 11.8. The van der Waals surface area contributed by atoms with Crippen LogP contribution in [-0.2, 0) is 4.79 Å². The Balaban J connectivity index is 1.61. The summed E-state index contributed by atoms with van der Waals surface area (Å²) in [6.07, 6.45) is 6.00. The van der Waals surface area contributed by atoms with Gasteiger partial charge < -0.3 is 20.4 Å². The minimum Gasteiger partial charge on any atom is -0.481 e. The number of hydrogen-bond acceptors (Lipinski definition) is 4. The molecular weight excluding hydrogens is 370 g/mol. The molecule has 29 heavy (non-hydrogen) atoms. The minimum atomic E-state index is -0.748. The van der Waals surface area contributed by atoms with Crippen molar-refractivity contribution in [2.45, 2.75) is 96.9 Å². The molecule has 0 aliphatic heterocycles. The molecule has 4 saturated carbocycles. The number of carboxylic acids is 1. The second-order valence-corrected chi connectivity index (χ2v) is 11.4. The monoisotopic (exact) mass is 410 g/mol. The summed E-state index contributed by atoms with van der Waals surface area (Å²) in [6, 6.07) is 0. The van der Waals surface area contributed by atoms with Crippen molar-refractivity contribution in [1.29, 1.82) is 0 Å². The van der Waals surface area contributed by atoms with E-state index in [0.29, 0.717) is 30.1 Å². The fourth-order valence-corrected chi connectivity index (χ4v) is 8.68. The molecule has 0 amide bonds. The molecule has 4 rings (SSSR count). The highest BCUT2D eigenvalue weighted by atomic mass is 16.5. The lowest BCUT2D eigenvalue weighted by Gasteiger charge is -2.63. The summed E-state index contributed by atoms with van der Waals surface area (Å²) in [6.45, 7) is 6.72. The largest absolute Gasteiger partial charge is 0.481 e. The average Bonchev–Trinajstić information content (AvgIpc) is 3.01. The summed E-state index contributed by atoms with van der Waals surface area (Å²) >= 11 is 0. The zero-order valence-electron chi connectivity index (χ0n) is 18.3. The number of carbonyl (C=O) groups is 1. The van der Waals surface area contributed by atoms with Crippen LogP contribution in [0.3, 0.4) is 0 Å². The van der Waals surface area contributed by atoms with Crippen molar-refractivity contribution >= 4 is 5.97 Å². The minimum absolute atomic E-state index is 0.0957. The Labute approximate surface area is 174 Å². The summed E-state index contributed by atoms with van der Waals surface area (Å²) in [5.74, 6) is 0.997. The van der Waals surface area contributed by atoms with Crippen molar-refractivity contribution in [3.05, 3.63) is 0 Å². The van der Waals surface area contributed by atoms with Crippen LogP contribution >= 0.6 is 0 Å². The Bertz CT molecular complexity index is 637. The van der Waals surface area contributed by atoms with Crippen molar-refractivity contribution in [3.8, 4) is 0 Å². The molecule has 0 spiro atoms. The lowest BCUT2D eigenvalue weighted by atomic mass is 9.43. The average molecular weight is 411 g/mol. The zero-order valence-corrected chi connectivity index (χ0v) is 18.3. The Morgan fingerprint density at radius 2 is 1.76 bits per heavy atom. The Morgan fingerprint density at radius 1 is 1.03 bits per heavy atom. The van der Waals surface area contributed by atoms with Crippen molar-refractivity contribution < 1.29 is 25.2 Å². The van der Waals surface area contributed by atoms with Crippen LogP contribution in [0.1, 0.15) is 78.6 Å². The third-order valence-electron chi connectivity index (χ3n) is 10.3. The second kappa shape index (κ2) is 7.49. The molecule has 166 valence electrons. The van der Waals surface area contributed by atoms with Gasteiger partial charge in [0.15, 0.2) is 0 Å². The molecule has 0 aromatic carbocycles. The third-order valence-corrected chi connectivity index (χ3v) is 10.3. The highest BCUT2D eigenvalue weighted by Crippen LogP contribution is 2.68. The first kappa shape index (κ1) is 21.6. The third kappa shape index (κ3) is 3.27. The molecule has 0 heterocycles. The fourth-order valence-electron chi connectivity index (χ4n) is 8.68. The maximum atomic E-state index is 11.5. The van der Waals surface area contributed by atoms with E-state index in [1.807, 2.05) is 0 Å². The molecule has 5 nitrogen and oxygen atoms in total. The molecule has 4 fully saturated rings. The zero-order chi connectivity index (χ0) is 21.1. The maximum absolute atomic E-state index is 11.5. The molecular formula is C24H40O5. The van der Waals surface area contributed by atoms with Crippen molar-refractivity contribution in [3.63, 3.8) is 0 Å². The Kier molecular flexibility index (Phi) is 5.57. The molecule has 0 aromatic heterocycles. The van der Waals surface area contributed by atoms with E-state index in [9.17, 15) is 20.1 Å². The van der Waals surface area contributed by atoms with Gasteiger partial charge in [0.25, 0.3) is 0 Å². The van der Waals surface area contributed by atoms with Crippen LogP contribution < -0.4 is 0 Å². The molecule has 4 N–H and O–H groups in total. The van der Waals surface area contributed by atoms with Gasteiger partial charge in [-0.2, -0.15) is 0 Å². The highest BCUT2D eigenvalue weighted by molar-refractivity contribution is 5.66. The van der Waals surface area contributed by atoms with E-state index < -0.39 is 12.1 Å². The van der Waals surface area contributed by atoms with Gasteiger partial charge >= 0.3 is 5.97 Å². The fraction of sp³-hybridized carbons (Fsp3) is 0.958. The summed E-state index contributed by atoms with van der Waals surface area (Å²) in [5, 5.41) is 42.0. The normalized spacial score (nSPS) is 52.9. The van der Waals surface area contributed by atoms with Gasteiger partial charge in [-0.15, -0.1) is 0 Å². The molecule has 1 unspecified atom stereocenters. The van der Waals surface area contributed by atoms with E-state index in [2.05, 4.69) is 20.8 Å². The van der Waals surface area contributed by atoms with Gasteiger partial charge in [0.1, 0.15) is 0 Å². The molecule has 0 saturated heterocycles. The smallest absolute Gasteiger partial charge is 0.303 e. The molecule has 0 radical (unpaired) electrons. The summed E-state index contributed by atoms with van der Waals surface area (Å²) in [4.78, 5) is 11.1. The van der Waals surface area contributed by atoms with E-state index in [0.717, 1.165) is 44.9 Å². The number of aliphatic hydroxyl groups excluding tert-OH is 3.